The summed E-state index contributed by atoms with van der Waals surface area (Å²) in [5.74, 6) is -0.263. The van der Waals surface area contributed by atoms with E-state index in [0.29, 0.717) is 20.7 Å². The molecule has 150 valence electrons. The standard InChI is InChI=1S/C18H15BrN4O4S2/c19-11-7-9(23(26)27)5-6-12(11)20-14(24)8-28-18-21-16(25)15-10-3-1-2-4-13(10)29-17(15)22-18/h5-7H,1-4,8H2,(H,20,24)(H,21,22,25). The average Bonchev–Trinajstić information content (AvgIpc) is 3.06. The monoisotopic (exact) mass is 494 g/mol. The molecule has 0 atom stereocenters. The van der Waals surface area contributed by atoms with Crippen molar-refractivity contribution in [2.75, 3.05) is 11.1 Å². The summed E-state index contributed by atoms with van der Waals surface area (Å²) in [6.45, 7) is 0. The van der Waals surface area contributed by atoms with Crippen molar-refractivity contribution in [2.24, 2.45) is 0 Å². The number of aryl methyl sites for hydroxylation is 2. The fourth-order valence-electron chi connectivity index (χ4n) is 3.25. The lowest BCUT2D eigenvalue weighted by Crippen LogP contribution is -2.16. The maximum Gasteiger partial charge on any atom is 0.270 e. The third kappa shape index (κ3) is 4.21. The minimum absolute atomic E-state index is 0.0446. The predicted molar refractivity (Wildman–Crippen MR) is 117 cm³/mol. The number of non-ortho nitro benzene ring substituents is 1. The van der Waals surface area contributed by atoms with Gasteiger partial charge in [0.05, 0.1) is 21.7 Å². The number of carbonyl (C=O) groups excluding carboxylic acids is 1. The second-order valence-electron chi connectivity index (χ2n) is 6.52. The van der Waals surface area contributed by atoms with E-state index in [1.807, 2.05) is 0 Å². The Bertz CT molecular complexity index is 1190. The first-order valence-corrected chi connectivity index (χ1v) is 11.4. The van der Waals surface area contributed by atoms with Crippen LogP contribution < -0.4 is 10.9 Å². The van der Waals surface area contributed by atoms with Crippen molar-refractivity contribution in [2.45, 2.75) is 30.8 Å². The quantitative estimate of drug-likeness (QED) is 0.236. The van der Waals surface area contributed by atoms with Gasteiger partial charge >= 0.3 is 0 Å². The predicted octanol–water partition coefficient (Wildman–Crippen LogP) is 4.26. The van der Waals surface area contributed by atoms with Crippen LogP contribution in [0.5, 0.6) is 0 Å². The van der Waals surface area contributed by atoms with E-state index in [1.54, 1.807) is 11.3 Å². The first-order chi connectivity index (χ1) is 13.9. The van der Waals surface area contributed by atoms with E-state index in [2.05, 4.69) is 31.2 Å². The molecule has 0 saturated carbocycles. The Morgan fingerprint density at radius 2 is 2.17 bits per heavy atom. The van der Waals surface area contributed by atoms with Gasteiger partial charge < -0.3 is 10.3 Å². The Morgan fingerprint density at radius 3 is 2.93 bits per heavy atom. The SMILES string of the molecule is O=C(CSc1nc2sc3c(c2c(=O)[nH]1)CCCC3)Nc1ccc([N+](=O)[O-])cc1Br. The number of hydrogen-bond acceptors (Lipinski definition) is 7. The van der Waals surface area contributed by atoms with Crippen LogP contribution in [-0.2, 0) is 17.6 Å². The van der Waals surface area contributed by atoms with Crippen LogP contribution in [0.1, 0.15) is 23.3 Å². The molecule has 0 bridgehead atoms. The summed E-state index contributed by atoms with van der Waals surface area (Å²) in [6, 6.07) is 4.11. The van der Waals surface area contributed by atoms with Gasteiger partial charge in [0.15, 0.2) is 5.16 Å². The topological polar surface area (TPSA) is 118 Å². The Morgan fingerprint density at radius 1 is 1.38 bits per heavy atom. The summed E-state index contributed by atoms with van der Waals surface area (Å²) in [6.07, 6.45) is 4.13. The number of nitro groups is 1. The van der Waals surface area contributed by atoms with E-state index in [4.69, 9.17) is 0 Å². The molecule has 1 amide bonds. The van der Waals surface area contributed by atoms with Crippen LogP contribution in [0.3, 0.4) is 0 Å². The van der Waals surface area contributed by atoms with Crippen LogP contribution in [0.2, 0.25) is 0 Å². The molecule has 2 aromatic heterocycles. The molecule has 0 fully saturated rings. The molecule has 2 heterocycles. The molecule has 1 aromatic carbocycles. The molecule has 4 rings (SSSR count). The molecule has 11 heteroatoms. The van der Waals surface area contributed by atoms with Crippen molar-refractivity contribution < 1.29 is 9.72 Å². The number of thioether (sulfide) groups is 1. The molecule has 8 nitrogen and oxygen atoms in total. The van der Waals surface area contributed by atoms with Crippen molar-refractivity contribution in [3.63, 3.8) is 0 Å². The normalized spacial score (nSPS) is 13.3. The highest BCUT2D eigenvalue weighted by atomic mass is 79.9. The smallest absolute Gasteiger partial charge is 0.270 e. The molecule has 0 aliphatic heterocycles. The van der Waals surface area contributed by atoms with E-state index >= 15 is 0 Å². The molecule has 0 saturated heterocycles. The molecule has 0 spiro atoms. The fourth-order valence-corrected chi connectivity index (χ4v) is 5.70. The van der Waals surface area contributed by atoms with Gasteiger partial charge in [-0.05, 0) is 53.2 Å². The maximum atomic E-state index is 12.5. The highest BCUT2D eigenvalue weighted by molar-refractivity contribution is 9.10. The number of aromatic amines is 1. The molecule has 2 N–H and O–H groups in total. The number of H-pyrrole nitrogens is 1. The molecular formula is C18H15BrN4O4S2. The zero-order valence-corrected chi connectivity index (χ0v) is 18.2. The number of nitrogens with zero attached hydrogens (tertiary/aromatic N) is 2. The summed E-state index contributed by atoms with van der Waals surface area (Å²) in [5.41, 5.74) is 1.33. The lowest BCUT2D eigenvalue weighted by molar-refractivity contribution is -0.384. The van der Waals surface area contributed by atoms with Gasteiger partial charge in [-0.15, -0.1) is 11.3 Å². The van der Waals surface area contributed by atoms with Crippen LogP contribution >= 0.6 is 39.0 Å². The molecular weight excluding hydrogens is 480 g/mol. The fraction of sp³-hybridized carbons (Fsp3) is 0.278. The number of anilines is 1. The largest absolute Gasteiger partial charge is 0.324 e. The third-order valence-electron chi connectivity index (χ3n) is 4.58. The number of amides is 1. The minimum Gasteiger partial charge on any atom is -0.324 e. The Kier molecular flexibility index (Phi) is 5.70. The Hall–Kier alpha value is -2.24. The number of benzene rings is 1. The second kappa shape index (κ2) is 8.25. The van der Waals surface area contributed by atoms with E-state index < -0.39 is 4.92 Å². The Labute approximate surface area is 181 Å². The lowest BCUT2D eigenvalue weighted by atomic mass is 9.97. The summed E-state index contributed by atoms with van der Waals surface area (Å²) < 4.78 is 0.419. The van der Waals surface area contributed by atoms with Gasteiger partial charge in [0.2, 0.25) is 5.91 Å². The van der Waals surface area contributed by atoms with Crippen molar-refractivity contribution >= 4 is 66.5 Å². The number of fused-ring (bicyclic) bond motifs is 3. The number of halogens is 1. The van der Waals surface area contributed by atoms with Gasteiger partial charge in [-0.3, -0.25) is 19.7 Å². The number of aromatic nitrogens is 2. The minimum atomic E-state index is -0.507. The number of nitro benzene ring substituents is 1. The van der Waals surface area contributed by atoms with E-state index in [1.165, 1.54) is 23.1 Å². The van der Waals surface area contributed by atoms with Crippen LogP contribution in [0.4, 0.5) is 11.4 Å². The van der Waals surface area contributed by atoms with Gasteiger partial charge in [-0.1, -0.05) is 11.8 Å². The van der Waals surface area contributed by atoms with Crippen LogP contribution in [0, 0.1) is 10.1 Å². The van der Waals surface area contributed by atoms with Crippen molar-refractivity contribution in [3.05, 3.63) is 53.6 Å². The van der Waals surface area contributed by atoms with Gasteiger partial charge in [-0.2, -0.15) is 0 Å². The van der Waals surface area contributed by atoms with Crippen LogP contribution in [-0.4, -0.2) is 26.6 Å². The highest BCUT2D eigenvalue weighted by Crippen LogP contribution is 2.34. The average molecular weight is 495 g/mol. The number of hydrogen-bond donors (Lipinski definition) is 2. The van der Waals surface area contributed by atoms with Gasteiger partial charge in [0.25, 0.3) is 11.2 Å². The Balaban J connectivity index is 1.46. The summed E-state index contributed by atoms with van der Waals surface area (Å²) in [7, 11) is 0. The second-order valence-corrected chi connectivity index (χ2v) is 9.42. The van der Waals surface area contributed by atoms with Crippen LogP contribution in [0.25, 0.3) is 10.2 Å². The van der Waals surface area contributed by atoms with Gasteiger partial charge in [0.1, 0.15) is 4.83 Å². The molecule has 3 aromatic rings. The molecule has 0 unspecified atom stereocenters. The van der Waals surface area contributed by atoms with E-state index in [0.717, 1.165) is 47.8 Å². The van der Waals surface area contributed by atoms with E-state index in [9.17, 15) is 19.7 Å². The van der Waals surface area contributed by atoms with Crippen molar-refractivity contribution in [1.82, 2.24) is 9.97 Å². The lowest BCUT2D eigenvalue weighted by Gasteiger charge is -2.09. The zero-order chi connectivity index (χ0) is 20.5. The van der Waals surface area contributed by atoms with E-state index in [-0.39, 0.29) is 22.9 Å². The zero-order valence-electron chi connectivity index (χ0n) is 15.0. The first kappa shape index (κ1) is 20.0. The van der Waals surface area contributed by atoms with Gasteiger partial charge in [-0.25, -0.2) is 4.98 Å². The molecule has 1 aliphatic rings. The number of thiophene rings is 1. The highest BCUT2D eigenvalue weighted by Gasteiger charge is 2.20. The maximum absolute atomic E-state index is 12.5. The number of carbonyl (C=O) groups is 1. The molecule has 1 aliphatic carbocycles. The number of nitrogens with one attached hydrogen (secondary N) is 2. The summed E-state index contributed by atoms with van der Waals surface area (Å²) in [5, 5.41) is 14.6. The molecule has 29 heavy (non-hydrogen) atoms. The summed E-state index contributed by atoms with van der Waals surface area (Å²) in [4.78, 5) is 44.4. The number of rotatable bonds is 5. The summed E-state index contributed by atoms with van der Waals surface area (Å²) >= 11 is 5.93. The van der Waals surface area contributed by atoms with Gasteiger partial charge in [0, 0.05) is 21.5 Å². The first-order valence-electron chi connectivity index (χ1n) is 8.83. The van der Waals surface area contributed by atoms with Crippen LogP contribution in [0.15, 0.2) is 32.6 Å². The molecule has 0 radical (unpaired) electrons. The van der Waals surface area contributed by atoms with Crippen molar-refractivity contribution in [1.29, 1.82) is 0 Å². The third-order valence-corrected chi connectivity index (χ3v) is 7.30. The van der Waals surface area contributed by atoms with Crippen molar-refractivity contribution in [3.8, 4) is 0 Å².